The van der Waals surface area contributed by atoms with Gasteiger partial charge in [0.2, 0.25) is 5.91 Å². The second-order valence-electron chi connectivity index (χ2n) is 6.88. The van der Waals surface area contributed by atoms with Crippen LogP contribution in [0.15, 0.2) is 48.5 Å². The summed E-state index contributed by atoms with van der Waals surface area (Å²) >= 11 is 0. The lowest BCUT2D eigenvalue weighted by molar-refractivity contribution is -0.129. The van der Waals surface area contributed by atoms with E-state index < -0.39 is 11.4 Å². The molecule has 0 saturated heterocycles. The molecule has 0 aliphatic heterocycles. The van der Waals surface area contributed by atoms with E-state index in [0.717, 1.165) is 16.9 Å². The number of methoxy groups -OCH3 is 1. The number of hydrogen-bond acceptors (Lipinski definition) is 3. The highest BCUT2D eigenvalue weighted by Crippen LogP contribution is 2.27. The molecule has 0 aromatic heterocycles. The largest absolute Gasteiger partial charge is 0.496 e. The first-order valence-corrected chi connectivity index (χ1v) is 8.56. The molecule has 0 aliphatic carbocycles. The van der Waals surface area contributed by atoms with Crippen molar-refractivity contribution in [3.8, 4) is 5.75 Å². The van der Waals surface area contributed by atoms with Crippen LogP contribution in [-0.2, 0) is 17.6 Å². The molecule has 138 valence electrons. The molecular weight excluding hydrogens is 330 g/mol. The standard InChI is InChI=1S/C21H25NO4/c1-21(2,14-17-6-4-5-7-18(17)26-3)20(25)22-13-12-15-8-10-16(11-9-15)19(23)24/h4-11H,12-14H2,1-3H3,(H,22,25)(H,23,24). The smallest absolute Gasteiger partial charge is 0.335 e. The summed E-state index contributed by atoms with van der Waals surface area (Å²) in [4.78, 5) is 23.4. The Morgan fingerprint density at radius 2 is 1.73 bits per heavy atom. The Balaban J connectivity index is 1.90. The molecule has 0 saturated carbocycles. The number of hydrogen-bond donors (Lipinski definition) is 2. The highest BCUT2D eigenvalue weighted by molar-refractivity contribution is 5.87. The van der Waals surface area contributed by atoms with E-state index >= 15 is 0 Å². The zero-order valence-electron chi connectivity index (χ0n) is 15.4. The molecule has 0 fully saturated rings. The normalized spacial score (nSPS) is 11.0. The van der Waals surface area contributed by atoms with Crippen LogP contribution in [0.4, 0.5) is 0 Å². The van der Waals surface area contributed by atoms with Gasteiger partial charge in [-0.2, -0.15) is 0 Å². The summed E-state index contributed by atoms with van der Waals surface area (Å²) in [6.07, 6.45) is 1.23. The van der Waals surface area contributed by atoms with Gasteiger partial charge in [0.25, 0.3) is 0 Å². The maximum Gasteiger partial charge on any atom is 0.335 e. The number of carbonyl (C=O) groups is 2. The van der Waals surface area contributed by atoms with Gasteiger partial charge in [0, 0.05) is 12.0 Å². The van der Waals surface area contributed by atoms with E-state index in [1.54, 1.807) is 31.4 Å². The quantitative estimate of drug-likeness (QED) is 0.762. The van der Waals surface area contributed by atoms with Crippen molar-refractivity contribution in [3.63, 3.8) is 0 Å². The molecule has 2 aromatic carbocycles. The second kappa shape index (κ2) is 8.52. The zero-order chi connectivity index (χ0) is 19.2. The molecule has 0 spiro atoms. The number of aromatic carboxylic acids is 1. The molecule has 2 rings (SSSR count). The van der Waals surface area contributed by atoms with Crippen molar-refractivity contribution in [3.05, 3.63) is 65.2 Å². The van der Waals surface area contributed by atoms with E-state index in [-0.39, 0.29) is 11.5 Å². The Hall–Kier alpha value is -2.82. The minimum absolute atomic E-state index is 0.0226. The Bertz CT molecular complexity index is 766. The highest BCUT2D eigenvalue weighted by atomic mass is 16.5. The number of carboxylic acids is 1. The van der Waals surface area contributed by atoms with Crippen LogP contribution in [0.2, 0.25) is 0 Å². The molecule has 1 amide bonds. The summed E-state index contributed by atoms with van der Waals surface area (Å²) in [6.45, 7) is 4.33. The van der Waals surface area contributed by atoms with Crippen LogP contribution in [0.25, 0.3) is 0 Å². The van der Waals surface area contributed by atoms with Gasteiger partial charge in [-0.1, -0.05) is 44.2 Å². The Morgan fingerprint density at radius 1 is 1.08 bits per heavy atom. The fraction of sp³-hybridized carbons (Fsp3) is 0.333. The van der Waals surface area contributed by atoms with Crippen LogP contribution in [0.3, 0.4) is 0 Å². The van der Waals surface area contributed by atoms with Crippen LogP contribution in [0, 0.1) is 5.41 Å². The molecule has 2 N–H and O–H groups in total. The fourth-order valence-electron chi connectivity index (χ4n) is 2.78. The summed E-state index contributed by atoms with van der Waals surface area (Å²) in [7, 11) is 1.63. The van der Waals surface area contributed by atoms with Gasteiger partial charge in [-0.15, -0.1) is 0 Å². The average molecular weight is 355 g/mol. The van der Waals surface area contributed by atoms with Crippen LogP contribution >= 0.6 is 0 Å². The van der Waals surface area contributed by atoms with Crippen LogP contribution in [0.1, 0.15) is 35.3 Å². The van der Waals surface area contributed by atoms with E-state index in [9.17, 15) is 9.59 Å². The molecule has 0 aliphatic rings. The number of carboxylic acid groups (broad SMARTS) is 1. The summed E-state index contributed by atoms with van der Waals surface area (Å²) < 4.78 is 5.36. The van der Waals surface area contributed by atoms with E-state index in [1.807, 2.05) is 38.1 Å². The van der Waals surface area contributed by atoms with Gasteiger partial charge in [-0.3, -0.25) is 4.79 Å². The van der Waals surface area contributed by atoms with Gasteiger partial charge < -0.3 is 15.2 Å². The van der Waals surface area contributed by atoms with Crippen LogP contribution in [-0.4, -0.2) is 30.6 Å². The van der Waals surface area contributed by atoms with Crippen LogP contribution < -0.4 is 10.1 Å². The van der Waals surface area contributed by atoms with E-state index in [1.165, 1.54) is 0 Å². The van der Waals surface area contributed by atoms with Crippen molar-refractivity contribution < 1.29 is 19.4 Å². The van der Waals surface area contributed by atoms with Crippen molar-refractivity contribution in [2.45, 2.75) is 26.7 Å². The number of nitrogens with one attached hydrogen (secondary N) is 1. The molecule has 26 heavy (non-hydrogen) atoms. The average Bonchev–Trinajstić information content (AvgIpc) is 2.62. The molecule has 5 heteroatoms. The topological polar surface area (TPSA) is 75.6 Å². The molecule has 0 bridgehead atoms. The lowest BCUT2D eigenvalue weighted by atomic mass is 9.84. The number of rotatable bonds is 8. The Kier molecular flexibility index (Phi) is 6.39. The molecule has 0 heterocycles. The summed E-state index contributed by atoms with van der Waals surface area (Å²) in [5.74, 6) is -0.180. The first-order valence-electron chi connectivity index (χ1n) is 8.56. The van der Waals surface area contributed by atoms with Gasteiger partial charge in [0.05, 0.1) is 12.7 Å². The summed E-state index contributed by atoms with van der Waals surface area (Å²) in [5, 5.41) is 11.9. The highest BCUT2D eigenvalue weighted by Gasteiger charge is 2.28. The third-order valence-electron chi connectivity index (χ3n) is 4.34. The molecule has 0 atom stereocenters. The van der Waals surface area contributed by atoms with Crippen molar-refractivity contribution >= 4 is 11.9 Å². The zero-order valence-corrected chi connectivity index (χ0v) is 15.4. The maximum absolute atomic E-state index is 12.6. The van der Waals surface area contributed by atoms with Crippen molar-refractivity contribution in [1.29, 1.82) is 0 Å². The van der Waals surface area contributed by atoms with Gasteiger partial charge in [-0.05, 0) is 42.2 Å². The first-order chi connectivity index (χ1) is 12.3. The predicted molar refractivity (Wildman–Crippen MR) is 101 cm³/mol. The number of carbonyl (C=O) groups excluding carboxylic acids is 1. The number of ether oxygens (including phenoxy) is 1. The second-order valence-corrected chi connectivity index (χ2v) is 6.88. The van der Waals surface area contributed by atoms with Crippen molar-refractivity contribution in [2.75, 3.05) is 13.7 Å². The number of amides is 1. The minimum Gasteiger partial charge on any atom is -0.496 e. The SMILES string of the molecule is COc1ccccc1CC(C)(C)C(=O)NCCc1ccc(C(=O)O)cc1. The molecule has 0 unspecified atom stereocenters. The molecule has 2 aromatic rings. The van der Waals surface area contributed by atoms with Gasteiger partial charge in [0.1, 0.15) is 5.75 Å². The van der Waals surface area contributed by atoms with Gasteiger partial charge in [-0.25, -0.2) is 4.79 Å². The van der Waals surface area contributed by atoms with Crippen molar-refractivity contribution in [1.82, 2.24) is 5.32 Å². The van der Waals surface area contributed by atoms with Gasteiger partial charge in [0.15, 0.2) is 0 Å². The number of benzene rings is 2. The van der Waals surface area contributed by atoms with E-state index in [4.69, 9.17) is 9.84 Å². The first kappa shape index (κ1) is 19.5. The lowest BCUT2D eigenvalue weighted by Gasteiger charge is -2.24. The molecule has 0 radical (unpaired) electrons. The molecule has 5 nitrogen and oxygen atoms in total. The summed E-state index contributed by atoms with van der Waals surface area (Å²) in [6, 6.07) is 14.4. The fourth-order valence-corrected chi connectivity index (χ4v) is 2.78. The number of para-hydroxylation sites is 1. The summed E-state index contributed by atoms with van der Waals surface area (Å²) in [5.41, 5.74) is 1.68. The van der Waals surface area contributed by atoms with Crippen molar-refractivity contribution in [2.24, 2.45) is 5.41 Å². The minimum atomic E-state index is -0.942. The predicted octanol–water partition coefficient (Wildman–Crippen LogP) is 3.32. The van der Waals surface area contributed by atoms with E-state index in [0.29, 0.717) is 19.4 Å². The maximum atomic E-state index is 12.6. The third-order valence-corrected chi connectivity index (χ3v) is 4.34. The lowest BCUT2D eigenvalue weighted by Crippen LogP contribution is -2.39. The van der Waals surface area contributed by atoms with E-state index in [2.05, 4.69) is 5.32 Å². The Labute approximate surface area is 154 Å². The van der Waals surface area contributed by atoms with Crippen LogP contribution in [0.5, 0.6) is 5.75 Å². The Morgan fingerprint density at radius 3 is 2.35 bits per heavy atom. The third kappa shape index (κ3) is 5.09. The van der Waals surface area contributed by atoms with Gasteiger partial charge >= 0.3 is 5.97 Å². The molecular formula is C21H25NO4. The monoisotopic (exact) mass is 355 g/mol.